The predicted octanol–water partition coefficient (Wildman–Crippen LogP) is 3.26. The summed E-state index contributed by atoms with van der Waals surface area (Å²) in [6.07, 6.45) is 5.36. The van der Waals surface area contributed by atoms with Crippen molar-refractivity contribution in [1.82, 2.24) is 15.2 Å². The van der Waals surface area contributed by atoms with Crippen molar-refractivity contribution in [3.05, 3.63) is 53.9 Å². The summed E-state index contributed by atoms with van der Waals surface area (Å²) in [6.45, 7) is 9.73. The molecule has 2 atom stereocenters. The largest absolute Gasteiger partial charge is 0.493 e. The van der Waals surface area contributed by atoms with Gasteiger partial charge in [0, 0.05) is 37.6 Å². The van der Waals surface area contributed by atoms with Crippen molar-refractivity contribution in [3.63, 3.8) is 0 Å². The zero-order chi connectivity index (χ0) is 20.5. The van der Waals surface area contributed by atoms with Crippen molar-refractivity contribution in [2.75, 3.05) is 33.3 Å². The number of hydrogen-bond acceptors (Lipinski definition) is 6. The van der Waals surface area contributed by atoms with Crippen LogP contribution in [0.3, 0.4) is 0 Å². The van der Waals surface area contributed by atoms with Crippen LogP contribution in [-0.4, -0.2) is 55.4 Å². The monoisotopic (exact) mass is 399 g/mol. The molecule has 0 amide bonds. The van der Waals surface area contributed by atoms with Gasteiger partial charge in [-0.05, 0) is 57.1 Å². The Morgan fingerprint density at radius 3 is 2.69 bits per heavy atom. The highest BCUT2D eigenvalue weighted by atomic mass is 16.5. The van der Waals surface area contributed by atoms with Crippen LogP contribution in [0.15, 0.2) is 42.7 Å². The second kappa shape index (κ2) is 11.1. The molecular weight excluding hydrogens is 366 g/mol. The van der Waals surface area contributed by atoms with Crippen LogP contribution in [0.25, 0.3) is 0 Å². The Labute approximate surface area is 174 Å². The van der Waals surface area contributed by atoms with Gasteiger partial charge in [0.2, 0.25) is 0 Å². The van der Waals surface area contributed by atoms with E-state index >= 15 is 0 Å². The highest BCUT2D eigenvalue weighted by Crippen LogP contribution is 2.28. The number of pyridine rings is 1. The number of rotatable bonds is 10. The maximum absolute atomic E-state index is 5.97. The Hall–Kier alpha value is -2.15. The average Bonchev–Trinajstić information content (AvgIpc) is 2.72. The van der Waals surface area contributed by atoms with E-state index in [-0.39, 0.29) is 0 Å². The molecule has 0 radical (unpaired) electrons. The molecule has 1 N–H and O–H groups in total. The molecule has 1 aromatic heterocycles. The Morgan fingerprint density at radius 1 is 1.14 bits per heavy atom. The van der Waals surface area contributed by atoms with E-state index in [9.17, 15) is 0 Å². The van der Waals surface area contributed by atoms with Crippen molar-refractivity contribution in [3.8, 4) is 11.5 Å². The number of aromatic nitrogens is 1. The molecular formula is C23H33N3O3. The maximum Gasteiger partial charge on any atom is 0.161 e. The first-order valence-electron chi connectivity index (χ1n) is 10.4. The quantitative estimate of drug-likeness (QED) is 0.619. The van der Waals surface area contributed by atoms with E-state index < -0.39 is 0 Å². The molecule has 158 valence electrons. The first-order chi connectivity index (χ1) is 14.1. The molecule has 0 aliphatic carbocycles. The second-order valence-corrected chi connectivity index (χ2v) is 7.68. The van der Waals surface area contributed by atoms with Gasteiger partial charge in [-0.3, -0.25) is 9.88 Å². The van der Waals surface area contributed by atoms with E-state index in [0.717, 1.165) is 56.2 Å². The van der Waals surface area contributed by atoms with Crippen molar-refractivity contribution in [1.29, 1.82) is 0 Å². The highest BCUT2D eigenvalue weighted by Gasteiger charge is 2.21. The van der Waals surface area contributed by atoms with Crippen LogP contribution < -0.4 is 14.8 Å². The van der Waals surface area contributed by atoms with Gasteiger partial charge < -0.3 is 19.5 Å². The lowest BCUT2D eigenvalue weighted by atomic mass is 10.2. The molecule has 3 rings (SSSR count). The van der Waals surface area contributed by atoms with Gasteiger partial charge >= 0.3 is 0 Å². The number of benzene rings is 1. The number of nitrogens with zero attached hydrogens (tertiary/aromatic N) is 2. The van der Waals surface area contributed by atoms with Gasteiger partial charge in [0.1, 0.15) is 6.61 Å². The molecule has 2 heterocycles. The molecule has 1 fully saturated rings. The van der Waals surface area contributed by atoms with E-state index in [2.05, 4.69) is 35.1 Å². The number of morpholine rings is 1. The van der Waals surface area contributed by atoms with Gasteiger partial charge in [-0.1, -0.05) is 12.1 Å². The molecule has 1 aromatic carbocycles. The van der Waals surface area contributed by atoms with Crippen LogP contribution >= 0.6 is 0 Å². The lowest BCUT2D eigenvalue weighted by molar-refractivity contribution is -0.0680. The van der Waals surface area contributed by atoms with E-state index in [0.29, 0.717) is 18.8 Å². The molecule has 1 aliphatic heterocycles. The molecule has 0 spiro atoms. The third-order valence-corrected chi connectivity index (χ3v) is 5.00. The molecule has 29 heavy (non-hydrogen) atoms. The predicted molar refractivity (Wildman–Crippen MR) is 114 cm³/mol. The summed E-state index contributed by atoms with van der Waals surface area (Å²) in [7, 11) is 1.66. The smallest absolute Gasteiger partial charge is 0.161 e. The Morgan fingerprint density at radius 2 is 1.97 bits per heavy atom. The van der Waals surface area contributed by atoms with Gasteiger partial charge in [-0.15, -0.1) is 0 Å². The fourth-order valence-electron chi connectivity index (χ4n) is 3.72. The number of ether oxygens (including phenoxy) is 3. The first kappa shape index (κ1) is 21.6. The third kappa shape index (κ3) is 6.99. The van der Waals surface area contributed by atoms with Crippen LogP contribution in [0.1, 0.15) is 31.4 Å². The summed E-state index contributed by atoms with van der Waals surface area (Å²) in [4.78, 5) is 6.62. The number of nitrogens with one attached hydrogen (secondary N) is 1. The molecule has 1 aliphatic rings. The summed E-state index contributed by atoms with van der Waals surface area (Å²) in [5, 5.41) is 3.54. The Balaban J connectivity index is 1.43. The summed E-state index contributed by atoms with van der Waals surface area (Å²) < 4.78 is 17.2. The minimum Gasteiger partial charge on any atom is -0.493 e. The first-order valence-corrected chi connectivity index (χ1v) is 10.4. The Bertz CT molecular complexity index is 731. The minimum atomic E-state index is 0.330. The maximum atomic E-state index is 5.97. The summed E-state index contributed by atoms with van der Waals surface area (Å²) >= 11 is 0. The van der Waals surface area contributed by atoms with Crippen molar-refractivity contribution in [2.24, 2.45) is 0 Å². The molecule has 0 bridgehead atoms. The van der Waals surface area contributed by atoms with Gasteiger partial charge in [-0.25, -0.2) is 0 Å². The fraction of sp³-hybridized carbons (Fsp3) is 0.522. The summed E-state index contributed by atoms with van der Waals surface area (Å²) in [5.41, 5.74) is 2.21. The SMILES string of the molecule is COc1ccc(CNCCCN2CC(C)OC(C)C2)cc1OCc1cccnc1. The third-order valence-electron chi connectivity index (χ3n) is 5.00. The van der Waals surface area contributed by atoms with E-state index in [1.54, 1.807) is 13.3 Å². The van der Waals surface area contributed by atoms with Crippen LogP contribution in [-0.2, 0) is 17.9 Å². The van der Waals surface area contributed by atoms with E-state index in [1.807, 2.05) is 30.5 Å². The lowest BCUT2D eigenvalue weighted by Crippen LogP contribution is -2.46. The highest BCUT2D eigenvalue weighted by molar-refractivity contribution is 5.43. The Kier molecular flexibility index (Phi) is 8.28. The van der Waals surface area contributed by atoms with E-state index in [1.165, 1.54) is 5.56 Å². The van der Waals surface area contributed by atoms with Crippen LogP contribution in [0.4, 0.5) is 0 Å². The lowest BCUT2D eigenvalue weighted by Gasteiger charge is -2.35. The van der Waals surface area contributed by atoms with Crippen LogP contribution in [0.5, 0.6) is 11.5 Å². The van der Waals surface area contributed by atoms with Crippen molar-refractivity contribution >= 4 is 0 Å². The van der Waals surface area contributed by atoms with Gasteiger partial charge in [0.25, 0.3) is 0 Å². The van der Waals surface area contributed by atoms with E-state index in [4.69, 9.17) is 14.2 Å². The molecule has 2 aromatic rings. The molecule has 1 saturated heterocycles. The minimum absolute atomic E-state index is 0.330. The molecule has 0 saturated carbocycles. The zero-order valence-corrected chi connectivity index (χ0v) is 17.8. The van der Waals surface area contributed by atoms with Gasteiger partial charge in [-0.2, -0.15) is 0 Å². The molecule has 6 nitrogen and oxygen atoms in total. The standard InChI is InChI=1S/C23H33N3O3/c1-18-15-26(16-19(2)29-18)11-5-10-25-13-20-7-8-22(27-3)23(12-20)28-17-21-6-4-9-24-14-21/h4,6-9,12,14,18-19,25H,5,10-11,13,15-17H2,1-3H3. The van der Waals surface area contributed by atoms with Gasteiger partial charge in [0.05, 0.1) is 19.3 Å². The number of hydrogen-bond donors (Lipinski definition) is 1. The topological polar surface area (TPSA) is 55.9 Å². The summed E-state index contributed by atoms with van der Waals surface area (Å²) in [5.74, 6) is 1.50. The average molecular weight is 400 g/mol. The van der Waals surface area contributed by atoms with Crippen LogP contribution in [0, 0.1) is 0 Å². The van der Waals surface area contributed by atoms with Crippen LogP contribution in [0.2, 0.25) is 0 Å². The summed E-state index contributed by atoms with van der Waals surface area (Å²) in [6, 6.07) is 10.0. The normalized spacial score (nSPS) is 19.8. The molecule has 6 heteroatoms. The zero-order valence-electron chi connectivity index (χ0n) is 17.8. The molecule has 2 unspecified atom stereocenters. The second-order valence-electron chi connectivity index (χ2n) is 7.68. The number of methoxy groups -OCH3 is 1. The van der Waals surface area contributed by atoms with Crippen molar-refractivity contribution in [2.45, 2.75) is 45.6 Å². The van der Waals surface area contributed by atoms with Gasteiger partial charge in [0.15, 0.2) is 11.5 Å². The van der Waals surface area contributed by atoms with Crippen molar-refractivity contribution < 1.29 is 14.2 Å². The fourth-order valence-corrected chi connectivity index (χ4v) is 3.72.